The summed E-state index contributed by atoms with van der Waals surface area (Å²) in [7, 11) is -3.39. The summed E-state index contributed by atoms with van der Waals surface area (Å²) in [5.74, 6) is 0.455. The first-order chi connectivity index (χ1) is 9.83. The van der Waals surface area contributed by atoms with Gasteiger partial charge in [0.2, 0.25) is 10.0 Å². The van der Waals surface area contributed by atoms with Crippen LogP contribution in [0.2, 0.25) is 0 Å². The molecule has 1 aliphatic rings. The van der Waals surface area contributed by atoms with Gasteiger partial charge in [-0.05, 0) is 42.0 Å². The van der Waals surface area contributed by atoms with Crippen molar-refractivity contribution in [2.24, 2.45) is 5.92 Å². The van der Waals surface area contributed by atoms with Gasteiger partial charge in [0, 0.05) is 18.6 Å². The van der Waals surface area contributed by atoms with Crippen LogP contribution >= 0.6 is 0 Å². The van der Waals surface area contributed by atoms with Crippen LogP contribution in [0.15, 0.2) is 23.1 Å². The molecule has 0 spiro atoms. The van der Waals surface area contributed by atoms with Crippen molar-refractivity contribution < 1.29 is 8.42 Å². The van der Waals surface area contributed by atoms with Crippen LogP contribution in [0.1, 0.15) is 45.2 Å². The minimum Gasteiger partial charge on any atom is -0.310 e. The minimum atomic E-state index is -3.39. The second-order valence-corrected chi connectivity index (χ2v) is 7.97. The molecule has 21 heavy (non-hydrogen) atoms. The molecular formula is C16H26N2O2S. The van der Waals surface area contributed by atoms with Gasteiger partial charge in [0.05, 0.1) is 4.90 Å². The van der Waals surface area contributed by atoms with Crippen LogP contribution in [0.25, 0.3) is 0 Å². The van der Waals surface area contributed by atoms with Crippen molar-refractivity contribution in [2.75, 3.05) is 0 Å². The number of rotatable bonds is 7. The monoisotopic (exact) mass is 310 g/mol. The molecule has 0 amide bonds. The van der Waals surface area contributed by atoms with Gasteiger partial charge in [-0.1, -0.05) is 33.8 Å². The lowest BCUT2D eigenvalue weighted by molar-refractivity contribution is 0.575. The third kappa shape index (κ3) is 4.28. The van der Waals surface area contributed by atoms with Gasteiger partial charge < -0.3 is 5.32 Å². The Morgan fingerprint density at radius 1 is 1.29 bits per heavy atom. The topological polar surface area (TPSA) is 58.2 Å². The van der Waals surface area contributed by atoms with Crippen LogP contribution in [-0.4, -0.2) is 20.5 Å². The number of aryl methyl sites for hydroxylation is 1. The molecule has 1 saturated carbocycles. The van der Waals surface area contributed by atoms with E-state index in [2.05, 4.69) is 37.7 Å². The quantitative estimate of drug-likeness (QED) is 0.813. The molecule has 1 aromatic rings. The highest BCUT2D eigenvalue weighted by Gasteiger charge is 2.36. The summed E-state index contributed by atoms with van der Waals surface area (Å²) >= 11 is 0. The Bertz CT molecular complexity index is 596. The van der Waals surface area contributed by atoms with Crippen molar-refractivity contribution >= 4 is 10.0 Å². The maximum Gasteiger partial charge on any atom is 0.240 e. The molecule has 5 heteroatoms. The van der Waals surface area contributed by atoms with E-state index in [-0.39, 0.29) is 6.04 Å². The van der Waals surface area contributed by atoms with Gasteiger partial charge in [0.1, 0.15) is 0 Å². The van der Waals surface area contributed by atoms with Gasteiger partial charge in [-0.3, -0.25) is 0 Å². The van der Waals surface area contributed by atoms with Crippen LogP contribution < -0.4 is 10.0 Å². The van der Waals surface area contributed by atoms with Crippen molar-refractivity contribution in [3.63, 3.8) is 0 Å². The summed E-state index contributed by atoms with van der Waals surface area (Å²) in [6, 6.07) is 5.94. The Morgan fingerprint density at radius 2 is 1.95 bits per heavy atom. The average Bonchev–Trinajstić information content (AvgIpc) is 3.10. The maximum atomic E-state index is 12.4. The summed E-state index contributed by atoms with van der Waals surface area (Å²) in [4.78, 5) is 0.374. The molecule has 2 N–H and O–H groups in total. The number of nitrogens with one attached hydrogen (secondary N) is 2. The highest BCUT2D eigenvalue weighted by atomic mass is 32.2. The molecular weight excluding hydrogens is 284 g/mol. The van der Waals surface area contributed by atoms with Crippen LogP contribution in [0, 0.1) is 5.92 Å². The molecule has 118 valence electrons. The van der Waals surface area contributed by atoms with Crippen molar-refractivity contribution in [1.29, 1.82) is 0 Å². The van der Waals surface area contributed by atoms with Crippen molar-refractivity contribution in [3.8, 4) is 0 Å². The zero-order valence-electron chi connectivity index (χ0n) is 13.3. The van der Waals surface area contributed by atoms with E-state index in [1.807, 2.05) is 12.1 Å². The average molecular weight is 310 g/mol. The Hall–Kier alpha value is -0.910. The normalized spacial score (nSPS) is 21.8. The molecule has 0 bridgehead atoms. The number of hydrogen-bond donors (Lipinski definition) is 2. The van der Waals surface area contributed by atoms with E-state index in [1.54, 1.807) is 6.07 Å². The Labute approximate surface area is 128 Å². The third-order valence-corrected chi connectivity index (χ3v) is 5.47. The summed E-state index contributed by atoms with van der Waals surface area (Å²) in [5, 5.41) is 3.36. The summed E-state index contributed by atoms with van der Waals surface area (Å²) in [6.07, 6.45) is 1.84. The molecule has 0 aromatic heterocycles. The maximum absolute atomic E-state index is 12.4. The largest absolute Gasteiger partial charge is 0.310 e. The molecule has 2 rings (SSSR count). The molecule has 1 aliphatic carbocycles. The molecule has 4 nitrogen and oxygen atoms in total. The van der Waals surface area contributed by atoms with Crippen molar-refractivity contribution in [2.45, 2.75) is 64.1 Å². The SMILES string of the molecule is CCc1ccc(S(=O)(=O)NC2CC2C)cc1CNC(C)C. The van der Waals surface area contributed by atoms with E-state index in [0.29, 0.717) is 23.4 Å². The van der Waals surface area contributed by atoms with Crippen LogP contribution in [0.5, 0.6) is 0 Å². The van der Waals surface area contributed by atoms with Crippen molar-refractivity contribution in [3.05, 3.63) is 29.3 Å². The predicted molar refractivity (Wildman–Crippen MR) is 85.7 cm³/mol. The van der Waals surface area contributed by atoms with E-state index in [1.165, 1.54) is 5.56 Å². The molecule has 2 unspecified atom stereocenters. The van der Waals surface area contributed by atoms with Gasteiger partial charge in [0.25, 0.3) is 0 Å². The smallest absolute Gasteiger partial charge is 0.240 e. The number of sulfonamides is 1. The number of hydrogen-bond acceptors (Lipinski definition) is 3. The van der Waals surface area contributed by atoms with Crippen LogP contribution in [-0.2, 0) is 23.0 Å². The summed E-state index contributed by atoms with van der Waals surface area (Å²) < 4.78 is 27.6. The third-order valence-electron chi connectivity index (χ3n) is 3.99. The lowest BCUT2D eigenvalue weighted by Gasteiger charge is -2.14. The molecule has 1 fully saturated rings. The lowest BCUT2D eigenvalue weighted by Crippen LogP contribution is -2.27. The number of benzene rings is 1. The lowest BCUT2D eigenvalue weighted by atomic mass is 10.1. The first kappa shape index (κ1) is 16.5. The second-order valence-electron chi connectivity index (χ2n) is 6.26. The fraction of sp³-hybridized carbons (Fsp3) is 0.625. The second kappa shape index (κ2) is 6.46. The molecule has 0 radical (unpaired) electrons. The Balaban J connectivity index is 2.21. The molecule has 0 saturated heterocycles. The van der Waals surface area contributed by atoms with Gasteiger partial charge >= 0.3 is 0 Å². The molecule has 0 heterocycles. The minimum absolute atomic E-state index is 0.109. The van der Waals surface area contributed by atoms with E-state index in [4.69, 9.17) is 0 Å². The van der Waals surface area contributed by atoms with Crippen LogP contribution in [0.4, 0.5) is 0 Å². The Morgan fingerprint density at radius 3 is 2.48 bits per heavy atom. The first-order valence-corrected chi connectivity index (χ1v) is 9.19. The zero-order valence-corrected chi connectivity index (χ0v) is 14.1. The van der Waals surface area contributed by atoms with E-state index in [0.717, 1.165) is 18.4 Å². The zero-order chi connectivity index (χ0) is 15.6. The standard InChI is InChI=1S/C16H26N2O2S/c1-5-13-6-7-15(9-14(13)10-17-11(2)3)21(19,20)18-16-8-12(16)4/h6-7,9,11-12,16-18H,5,8,10H2,1-4H3. The predicted octanol–water partition coefficient (Wildman–Crippen LogP) is 2.43. The van der Waals surface area contributed by atoms with Gasteiger partial charge in [-0.15, -0.1) is 0 Å². The fourth-order valence-corrected chi connectivity index (χ4v) is 3.75. The molecule has 1 aromatic carbocycles. The highest BCUT2D eigenvalue weighted by molar-refractivity contribution is 7.89. The van der Waals surface area contributed by atoms with E-state index >= 15 is 0 Å². The summed E-state index contributed by atoms with van der Waals surface area (Å²) in [6.45, 7) is 9.02. The van der Waals surface area contributed by atoms with E-state index < -0.39 is 10.0 Å². The highest BCUT2D eigenvalue weighted by Crippen LogP contribution is 2.31. The van der Waals surface area contributed by atoms with Gasteiger partial charge in [0.15, 0.2) is 0 Å². The van der Waals surface area contributed by atoms with Crippen molar-refractivity contribution in [1.82, 2.24) is 10.0 Å². The molecule has 2 atom stereocenters. The molecule has 0 aliphatic heterocycles. The van der Waals surface area contributed by atoms with Gasteiger partial charge in [-0.2, -0.15) is 0 Å². The van der Waals surface area contributed by atoms with E-state index in [9.17, 15) is 8.42 Å². The Kier molecular flexibility index (Phi) is 5.07. The fourth-order valence-electron chi connectivity index (χ4n) is 2.35. The van der Waals surface area contributed by atoms with Crippen LogP contribution in [0.3, 0.4) is 0 Å². The summed E-state index contributed by atoms with van der Waals surface area (Å²) in [5.41, 5.74) is 2.26. The first-order valence-electron chi connectivity index (χ1n) is 7.71. The van der Waals surface area contributed by atoms with Gasteiger partial charge in [-0.25, -0.2) is 13.1 Å².